The monoisotopic (exact) mass is 783 g/mol. The third kappa shape index (κ3) is 7.14. The van der Waals surface area contributed by atoms with Crippen molar-refractivity contribution in [2.75, 3.05) is 13.2 Å². The zero-order chi connectivity index (χ0) is 38.9. The Morgan fingerprint density at radius 3 is 2.58 bits per heavy atom. The van der Waals surface area contributed by atoms with Crippen molar-refractivity contribution in [3.05, 3.63) is 47.2 Å². The van der Waals surface area contributed by atoms with E-state index in [4.69, 9.17) is 9.47 Å². The van der Waals surface area contributed by atoms with Crippen LogP contribution in [-0.4, -0.2) is 83.2 Å². The molecule has 4 fully saturated rings. The first-order valence-electron chi connectivity index (χ1n) is 19.4. The molecule has 3 saturated carbocycles. The second kappa shape index (κ2) is 13.7. The fraction of sp³-hybridized carbons (Fsp3) is 0.615. The summed E-state index contributed by atoms with van der Waals surface area (Å²) in [5, 5.41) is 6.05. The van der Waals surface area contributed by atoms with Crippen LogP contribution in [0, 0.1) is 30.4 Å². The Balaban J connectivity index is 1.12. The summed E-state index contributed by atoms with van der Waals surface area (Å²) in [5.41, 5.74) is -1.33. The molecule has 1 saturated heterocycles. The van der Waals surface area contributed by atoms with E-state index in [9.17, 15) is 36.4 Å². The highest BCUT2D eigenvalue weighted by Gasteiger charge is 2.64. The van der Waals surface area contributed by atoms with Crippen molar-refractivity contribution >= 4 is 44.7 Å². The summed E-state index contributed by atoms with van der Waals surface area (Å²) in [5.74, 6) is -3.82. The number of allylic oxidation sites excluding steroid dienone is 1. The van der Waals surface area contributed by atoms with E-state index in [1.54, 1.807) is 13.8 Å². The molecule has 0 radical (unpaired) electrons. The standard InChI is InChI=1S/C39H47F2N5O8S/c1-22-32-25(26-16-27(40)28(41)17-30(26)42-22)12-13-38(54-32)19-31-33(47)44-39(35(49)45-55(51,52)37(2)14-15-37)18-24(39)8-6-4-3-5-7-9-29(34(48)46(31)21-38)43-36(50)53-20-23-10-11-23/h6,8,16-17,23-24,29,31H,3-5,7,9-15,18-21H2,1-2H3,(H,43,50)(H,44,47)(H,45,49)/b8-6-/t24-,29+,31+,38-,39-/m1/s1. The summed E-state index contributed by atoms with van der Waals surface area (Å²) >= 11 is 0. The summed E-state index contributed by atoms with van der Waals surface area (Å²) in [6.07, 6.45) is 9.78. The molecule has 13 nitrogen and oxygen atoms in total. The SMILES string of the molecule is Cc1nc2cc(F)c(F)cc2c2c1O[C@]1(CC2)C[C@H]2C(=O)N[C@]3(C(=O)NS(=O)(=O)C4(C)CC4)C[C@H]3/C=C\CCCCC[C@H](NC(=O)OCC3CC3)C(=O)N2C1. The summed E-state index contributed by atoms with van der Waals surface area (Å²) in [4.78, 5) is 62.0. The quantitative estimate of drug-likeness (QED) is 0.360. The number of nitrogens with zero attached hydrogens (tertiary/aromatic N) is 2. The molecule has 8 rings (SSSR count). The van der Waals surface area contributed by atoms with Crippen molar-refractivity contribution < 1.29 is 45.9 Å². The first-order chi connectivity index (χ1) is 26.1. The first-order valence-corrected chi connectivity index (χ1v) is 20.9. The maximum absolute atomic E-state index is 14.6. The van der Waals surface area contributed by atoms with E-state index in [1.165, 1.54) is 4.90 Å². The molecule has 4 amide bonds. The maximum atomic E-state index is 14.6. The normalized spacial score (nSPS) is 30.8. The van der Waals surface area contributed by atoms with Crippen molar-refractivity contribution in [2.24, 2.45) is 11.8 Å². The highest BCUT2D eigenvalue weighted by molar-refractivity contribution is 7.91. The molecule has 3 N–H and O–H groups in total. The van der Waals surface area contributed by atoms with E-state index in [-0.39, 0.29) is 31.5 Å². The highest BCUT2D eigenvalue weighted by Crippen LogP contribution is 2.49. The molecule has 5 atom stereocenters. The van der Waals surface area contributed by atoms with E-state index in [0.717, 1.165) is 37.8 Å². The van der Waals surface area contributed by atoms with Crippen LogP contribution in [0.15, 0.2) is 24.3 Å². The van der Waals surface area contributed by atoms with Gasteiger partial charge in [-0.3, -0.25) is 19.1 Å². The van der Waals surface area contributed by atoms with Crippen molar-refractivity contribution in [1.29, 1.82) is 0 Å². The number of pyridine rings is 1. The number of sulfonamides is 1. The average Bonchev–Trinajstić information content (AvgIpc) is 4.08. The van der Waals surface area contributed by atoms with Crippen LogP contribution in [0.4, 0.5) is 13.6 Å². The molecule has 1 aromatic carbocycles. The van der Waals surface area contributed by atoms with Gasteiger partial charge in [-0.15, -0.1) is 0 Å². The lowest BCUT2D eigenvalue weighted by Crippen LogP contribution is -2.58. The Morgan fingerprint density at radius 1 is 1.07 bits per heavy atom. The molecular weight excluding hydrogens is 737 g/mol. The Kier molecular flexibility index (Phi) is 9.36. The number of hydrogen-bond acceptors (Lipinski definition) is 9. The fourth-order valence-corrected chi connectivity index (χ4v) is 9.66. The molecule has 3 aliphatic heterocycles. The summed E-state index contributed by atoms with van der Waals surface area (Å²) in [7, 11) is -4.02. The van der Waals surface area contributed by atoms with Crippen LogP contribution in [0.25, 0.3) is 10.9 Å². The lowest BCUT2D eigenvalue weighted by Gasteiger charge is -2.36. The third-order valence-electron chi connectivity index (χ3n) is 12.5. The molecular formula is C39H47F2N5O8S. The van der Waals surface area contributed by atoms with Gasteiger partial charge >= 0.3 is 6.09 Å². The van der Waals surface area contributed by atoms with Crippen molar-refractivity contribution in [1.82, 2.24) is 25.2 Å². The second-order valence-electron chi connectivity index (χ2n) is 16.7. The Bertz CT molecular complexity index is 2110. The van der Waals surface area contributed by atoms with Gasteiger partial charge in [0.25, 0.3) is 5.91 Å². The van der Waals surface area contributed by atoms with Gasteiger partial charge < -0.3 is 25.0 Å². The number of aromatic nitrogens is 1. The van der Waals surface area contributed by atoms with Gasteiger partial charge in [0.2, 0.25) is 21.8 Å². The number of carbonyl (C=O) groups excluding carboxylic acids is 4. The molecule has 55 heavy (non-hydrogen) atoms. The number of hydrogen-bond donors (Lipinski definition) is 3. The number of alkyl carbamates (subject to hydrolysis) is 1. The predicted octanol–water partition coefficient (Wildman–Crippen LogP) is 4.38. The molecule has 1 spiro atoms. The van der Waals surface area contributed by atoms with E-state index >= 15 is 0 Å². The van der Waals surface area contributed by atoms with Gasteiger partial charge in [0.1, 0.15) is 29.0 Å². The van der Waals surface area contributed by atoms with Gasteiger partial charge in [0.05, 0.1) is 29.1 Å². The summed E-state index contributed by atoms with van der Waals surface area (Å²) in [6.45, 7) is 3.47. The third-order valence-corrected chi connectivity index (χ3v) is 14.6. The van der Waals surface area contributed by atoms with E-state index in [0.29, 0.717) is 73.3 Å². The van der Waals surface area contributed by atoms with Gasteiger partial charge in [0.15, 0.2) is 11.6 Å². The van der Waals surface area contributed by atoms with Crippen LogP contribution in [0.2, 0.25) is 0 Å². The largest absolute Gasteiger partial charge is 0.483 e. The Morgan fingerprint density at radius 2 is 1.84 bits per heavy atom. The second-order valence-corrected chi connectivity index (χ2v) is 18.9. The topological polar surface area (TPSA) is 173 Å². The Hall–Kier alpha value is -4.34. The minimum atomic E-state index is -4.02. The Labute approximate surface area is 318 Å². The number of aryl methyl sites for hydroxylation is 2. The zero-order valence-corrected chi connectivity index (χ0v) is 31.9. The zero-order valence-electron chi connectivity index (χ0n) is 31.0. The van der Waals surface area contributed by atoms with Gasteiger partial charge in [-0.2, -0.15) is 0 Å². The lowest BCUT2D eigenvalue weighted by atomic mass is 9.87. The van der Waals surface area contributed by atoms with Gasteiger partial charge in [-0.1, -0.05) is 25.0 Å². The predicted molar refractivity (Wildman–Crippen MR) is 195 cm³/mol. The minimum absolute atomic E-state index is 0.00664. The van der Waals surface area contributed by atoms with E-state index in [2.05, 4.69) is 20.3 Å². The van der Waals surface area contributed by atoms with Crippen LogP contribution in [0.5, 0.6) is 5.75 Å². The summed E-state index contributed by atoms with van der Waals surface area (Å²) < 4.78 is 68.3. The number of carbonyl (C=O) groups is 4. The molecule has 2 aromatic rings. The fourth-order valence-electron chi connectivity index (χ4n) is 8.35. The van der Waals surface area contributed by atoms with E-state index < -0.39 is 79.4 Å². The molecule has 3 aliphatic carbocycles. The number of fused-ring (bicyclic) bond motifs is 5. The molecule has 296 valence electrons. The number of ether oxygens (including phenoxy) is 2. The van der Waals surface area contributed by atoms with Gasteiger partial charge in [0, 0.05) is 29.4 Å². The van der Waals surface area contributed by atoms with Gasteiger partial charge in [-0.25, -0.2) is 27.0 Å². The molecule has 6 aliphatic rings. The van der Waals surface area contributed by atoms with E-state index in [1.807, 2.05) is 12.2 Å². The van der Waals surface area contributed by atoms with Crippen LogP contribution in [0.3, 0.4) is 0 Å². The van der Waals surface area contributed by atoms with Crippen molar-refractivity contribution in [2.45, 2.75) is 125 Å². The van der Waals surface area contributed by atoms with Crippen LogP contribution < -0.4 is 20.1 Å². The number of halogens is 2. The lowest BCUT2D eigenvalue weighted by molar-refractivity contribution is -0.141. The number of nitrogens with one attached hydrogen (secondary N) is 3. The first kappa shape index (κ1) is 37.6. The maximum Gasteiger partial charge on any atom is 0.407 e. The van der Waals surface area contributed by atoms with Crippen LogP contribution >= 0.6 is 0 Å². The summed E-state index contributed by atoms with van der Waals surface area (Å²) in [6, 6.07) is -0.0449. The average molecular weight is 784 g/mol. The highest BCUT2D eigenvalue weighted by atomic mass is 32.2. The van der Waals surface area contributed by atoms with Gasteiger partial charge in [-0.05, 0) is 90.0 Å². The molecule has 16 heteroatoms. The smallest absolute Gasteiger partial charge is 0.407 e. The molecule has 4 heterocycles. The molecule has 1 aromatic heterocycles. The number of benzene rings is 1. The molecule has 0 unspecified atom stereocenters. The molecule has 0 bridgehead atoms. The minimum Gasteiger partial charge on any atom is -0.483 e. The number of rotatable bonds is 6. The van der Waals surface area contributed by atoms with Crippen LogP contribution in [-0.2, 0) is 35.6 Å². The van der Waals surface area contributed by atoms with Crippen molar-refractivity contribution in [3.8, 4) is 5.75 Å². The van der Waals surface area contributed by atoms with Crippen LogP contribution in [0.1, 0.15) is 95.2 Å². The number of amides is 4. The van der Waals surface area contributed by atoms with Crippen molar-refractivity contribution in [3.63, 3.8) is 0 Å².